The normalized spacial score (nSPS) is 12.8. The lowest BCUT2D eigenvalue weighted by Crippen LogP contribution is -2.11. The van der Waals surface area contributed by atoms with Gasteiger partial charge >= 0.3 is 0 Å². The number of aromatic nitrogens is 2. The van der Waals surface area contributed by atoms with Gasteiger partial charge in [-0.05, 0) is 32.4 Å². The van der Waals surface area contributed by atoms with Crippen molar-refractivity contribution in [2.75, 3.05) is 5.73 Å². The minimum absolute atomic E-state index is 0.171. The highest BCUT2D eigenvalue weighted by Crippen LogP contribution is 2.18. The Kier molecular flexibility index (Phi) is 4.40. The van der Waals surface area contributed by atoms with Gasteiger partial charge in [0.05, 0.1) is 24.2 Å². The Morgan fingerprint density at radius 1 is 1.45 bits per heavy atom. The van der Waals surface area contributed by atoms with Gasteiger partial charge in [-0.25, -0.2) is 9.66 Å². The van der Waals surface area contributed by atoms with Crippen molar-refractivity contribution in [2.45, 2.75) is 33.3 Å². The van der Waals surface area contributed by atoms with E-state index in [1.807, 2.05) is 38.1 Å². The fourth-order valence-corrected chi connectivity index (χ4v) is 1.72. The summed E-state index contributed by atoms with van der Waals surface area (Å²) in [6, 6.07) is 7.80. The fourth-order valence-electron chi connectivity index (χ4n) is 1.72. The van der Waals surface area contributed by atoms with Gasteiger partial charge in [0, 0.05) is 5.56 Å². The lowest BCUT2D eigenvalue weighted by atomic mass is 10.2. The molecular weight excluding hydrogens is 252 g/mol. The zero-order valence-electron chi connectivity index (χ0n) is 12.1. The number of para-hydroxylation sites is 1. The second-order valence-corrected chi connectivity index (χ2v) is 4.70. The monoisotopic (exact) mass is 272 g/mol. The molecule has 5 nitrogen and oxygen atoms in total. The summed E-state index contributed by atoms with van der Waals surface area (Å²) >= 11 is 0. The zero-order valence-corrected chi connectivity index (χ0v) is 12.1. The maximum absolute atomic E-state index is 5.87. The van der Waals surface area contributed by atoms with Crippen LogP contribution in [-0.4, -0.2) is 22.0 Å². The van der Waals surface area contributed by atoms with Gasteiger partial charge in [0.25, 0.3) is 0 Å². The summed E-state index contributed by atoms with van der Waals surface area (Å²) in [5.74, 6) is 1.19. The molecule has 2 rings (SSSR count). The average Bonchev–Trinajstić information content (AvgIpc) is 2.76. The first-order chi connectivity index (χ1) is 9.60. The maximum Gasteiger partial charge on any atom is 0.221 e. The zero-order chi connectivity index (χ0) is 14.5. The van der Waals surface area contributed by atoms with E-state index < -0.39 is 0 Å². The summed E-state index contributed by atoms with van der Waals surface area (Å²) in [6.45, 7) is 6.02. The first-order valence-corrected chi connectivity index (χ1v) is 6.71. The SMILES string of the molecule is CCC(C)Oc1ccccc1C=Nn1cc(C)nc1N. The molecule has 0 amide bonds. The number of nitrogens with zero attached hydrogens (tertiary/aromatic N) is 3. The number of nitrogens with two attached hydrogens (primary N) is 1. The molecule has 1 atom stereocenters. The average molecular weight is 272 g/mol. The minimum atomic E-state index is 0.171. The van der Waals surface area contributed by atoms with Gasteiger partial charge in [0.2, 0.25) is 5.95 Å². The van der Waals surface area contributed by atoms with Crippen LogP contribution in [0, 0.1) is 6.92 Å². The van der Waals surface area contributed by atoms with E-state index in [9.17, 15) is 0 Å². The van der Waals surface area contributed by atoms with Crippen molar-refractivity contribution in [3.8, 4) is 5.75 Å². The number of ether oxygens (including phenoxy) is 1. The molecule has 106 valence electrons. The van der Waals surface area contributed by atoms with E-state index in [1.54, 1.807) is 17.1 Å². The molecule has 2 N–H and O–H groups in total. The van der Waals surface area contributed by atoms with Crippen molar-refractivity contribution in [1.82, 2.24) is 9.66 Å². The summed E-state index contributed by atoms with van der Waals surface area (Å²) in [5, 5.41) is 4.31. The number of imidazole rings is 1. The summed E-state index contributed by atoms with van der Waals surface area (Å²) < 4.78 is 7.42. The van der Waals surface area contributed by atoms with Gasteiger partial charge in [-0.1, -0.05) is 19.1 Å². The molecule has 1 aromatic carbocycles. The van der Waals surface area contributed by atoms with Crippen LogP contribution in [0.25, 0.3) is 0 Å². The minimum Gasteiger partial charge on any atom is -0.490 e. The molecule has 20 heavy (non-hydrogen) atoms. The first kappa shape index (κ1) is 14.1. The van der Waals surface area contributed by atoms with Gasteiger partial charge in [-0.2, -0.15) is 5.10 Å². The van der Waals surface area contributed by atoms with E-state index >= 15 is 0 Å². The molecule has 0 fully saturated rings. The van der Waals surface area contributed by atoms with Crippen LogP contribution in [0.4, 0.5) is 5.95 Å². The lowest BCUT2D eigenvalue weighted by Gasteiger charge is -2.14. The summed E-state index contributed by atoms with van der Waals surface area (Å²) in [7, 11) is 0. The fraction of sp³-hybridized carbons (Fsp3) is 0.333. The predicted molar refractivity (Wildman–Crippen MR) is 81.2 cm³/mol. The second-order valence-electron chi connectivity index (χ2n) is 4.70. The van der Waals surface area contributed by atoms with Crippen molar-refractivity contribution in [2.24, 2.45) is 5.10 Å². The van der Waals surface area contributed by atoms with Crippen molar-refractivity contribution in [1.29, 1.82) is 0 Å². The van der Waals surface area contributed by atoms with Gasteiger partial charge in [0.15, 0.2) is 0 Å². The lowest BCUT2D eigenvalue weighted by molar-refractivity contribution is 0.217. The number of aryl methyl sites for hydroxylation is 1. The van der Waals surface area contributed by atoms with Gasteiger partial charge < -0.3 is 10.5 Å². The molecule has 1 heterocycles. The van der Waals surface area contributed by atoms with Crippen LogP contribution >= 0.6 is 0 Å². The molecule has 1 aromatic heterocycles. The van der Waals surface area contributed by atoms with E-state index in [4.69, 9.17) is 10.5 Å². The van der Waals surface area contributed by atoms with Crippen LogP contribution < -0.4 is 10.5 Å². The Morgan fingerprint density at radius 2 is 2.20 bits per heavy atom. The Labute approximate surface area is 119 Å². The highest BCUT2D eigenvalue weighted by atomic mass is 16.5. The number of anilines is 1. The third kappa shape index (κ3) is 3.38. The smallest absolute Gasteiger partial charge is 0.221 e. The molecule has 0 radical (unpaired) electrons. The van der Waals surface area contributed by atoms with E-state index in [0.717, 1.165) is 23.4 Å². The third-order valence-electron chi connectivity index (χ3n) is 2.98. The topological polar surface area (TPSA) is 65.4 Å². The Bertz CT molecular complexity index is 604. The summed E-state index contributed by atoms with van der Waals surface area (Å²) in [5.41, 5.74) is 7.50. The molecule has 0 bridgehead atoms. The van der Waals surface area contributed by atoms with Crippen LogP contribution in [0.15, 0.2) is 35.6 Å². The Morgan fingerprint density at radius 3 is 2.85 bits per heavy atom. The molecular formula is C15H20N4O. The number of benzene rings is 1. The number of hydrogen-bond donors (Lipinski definition) is 1. The molecule has 5 heteroatoms. The predicted octanol–water partition coefficient (Wildman–Crippen LogP) is 2.83. The van der Waals surface area contributed by atoms with Crippen LogP contribution in [0.1, 0.15) is 31.5 Å². The van der Waals surface area contributed by atoms with E-state index in [2.05, 4.69) is 17.0 Å². The van der Waals surface area contributed by atoms with Gasteiger partial charge in [-0.3, -0.25) is 0 Å². The van der Waals surface area contributed by atoms with Crippen molar-refractivity contribution >= 4 is 12.2 Å². The molecule has 1 unspecified atom stereocenters. The summed E-state index contributed by atoms with van der Waals surface area (Å²) in [6.07, 6.45) is 4.64. The molecule has 0 aliphatic rings. The molecule has 0 spiro atoms. The van der Waals surface area contributed by atoms with E-state index in [0.29, 0.717) is 5.95 Å². The highest BCUT2D eigenvalue weighted by molar-refractivity contribution is 5.83. The van der Waals surface area contributed by atoms with Crippen LogP contribution in [0.5, 0.6) is 5.75 Å². The summed E-state index contributed by atoms with van der Waals surface area (Å²) in [4.78, 5) is 4.10. The van der Waals surface area contributed by atoms with Crippen molar-refractivity contribution in [3.05, 3.63) is 41.7 Å². The van der Waals surface area contributed by atoms with Crippen LogP contribution in [0.2, 0.25) is 0 Å². The first-order valence-electron chi connectivity index (χ1n) is 6.71. The number of hydrogen-bond acceptors (Lipinski definition) is 4. The van der Waals surface area contributed by atoms with E-state index in [-0.39, 0.29) is 6.10 Å². The standard InChI is InChI=1S/C15H20N4O/c1-4-12(3)20-14-8-6-5-7-13(14)9-17-19-10-11(2)18-15(19)16/h5-10,12H,4H2,1-3H3,(H2,16,18). The van der Waals surface area contributed by atoms with E-state index in [1.165, 1.54) is 0 Å². The second kappa shape index (κ2) is 6.23. The van der Waals surface area contributed by atoms with Crippen molar-refractivity contribution < 1.29 is 4.74 Å². The number of nitrogen functional groups attached to an aromatic ring is 1. The quantitative estimate of drug-likeness (QED) is 0.851. The molecule has 0 saturated heterocycles. The third-order valence-corrected chi connectivity index (χ3v) is 2.98. The van der Waals surface area contributed by atoms with Gasteiger partial charge in [-0.15, -0.1) is 0 Å². The van der Waals surface area contributed by atoms with Crippen LogP contribution in [0.3, 0.4) is 0 Å². The Balaban J connectivity index is 2.22. The largest absolute Gasteiger partial charge is 0.490 e. The maximum atomic E-state index is 5.87. The highest BCUT2D eigenvalue weighted by Gasteiger charge is 2.05. The molecule has 0 aliphatic heterocycles. The number of rotatable bonds is 5. The van der Waals surface area contributed by atoms with Crippen molar-refractivity contribution in [3.63, 3.8) is 0 Å². The molecule has 2 aromatic rings. The Hall–Kier alpha value is -2.30. The molecule has 0 saturated carbocycles. The van der Waals surface area contributed by atoms with Gasteiger partial charge in [0.1, 0.15) is 5.75 Å². The van der Waals surface area contributed by atoms with Crippen LogP contribution in [-0.2, 0) is 0 Å². The molecule has 0 aliphatic carbocycles.